The number of nitro groups is 1. The van der Waals surface area contributed by atoms with E-state index in [1.54, 1.807) is 30.3 Å². The molecule has 0 aliphatic carbocycles. The van der Waals surface area contributed by atoms with E-state index in [9.17, 15) is 19.7 Å². The van der Waals surface area contributed by atoms with Crippen LogP contribution in [-0.4, -0.2) is 33.2 Å². The number of thioether (sulfide) groups is 1. The second kappa shape index (κ2) is 8.19. The predicted octanol–water partition coefficient (Wildman–Crippen LogP) is 3.15. The van der Waals surface area contributed by atoms with Gasteiger partial charge >= 0.3 is 0 Å². The molecule has 0 unspecified atom stereocenters. The number of methoxy groups -OCH3 is 1. The van der Waals surface area contributed by atoms with Gasteiger partial charge < -0.3 is 4.74 Å². The van der Waals surface area contributed by atoms with Crippen LogP contribution in [0.5, 0.6) is 5.75 Å². The van der Waals surface area contributed by atoms with Crippen LogP contribution in [0.2, 0.25) is 0 Å². The van der Waals surface area contributed by atoms with Gasteiger partial charge in [0, 0.05) is 11.6 Å². The first-order valence-electron chi connectivity index (χ1n) is 7.87. The van der Waals surface area contributed by atoms with Crippen molar-refractivity contribution in [1.29, 1.82) is 0 Å². The highest BCUT2D eigenvalue weighted by atomic mass is 32.2. The molecule has 1 N–H and O–H groups in total. The lowest BCUT2D eigenvalue weighted by Crippen LogP contribution is -2.45. The average molecular weight is 415 g/mol. The van der Waals surface area contributed by atoms with Crippen LogP contribution >= 0.6 is 24.0 Å². The first kappa shape index (κ1) is 19.5. The minimum absolute atomic E-state index is 0.109. The summed E-state index contributed by atoms with van der Waals surface area (Å²) in [7, 11) is 1.52. The van der Waals surface area contributed by atoms with E-state index in [0.717, 1.165) is 16.8 Å². The molecule has 1 aliphatic rings. The van der Waals surface area contributed by atoms with Crippen LogP contribution in [-0.2, 0) is 4.79 Å². The molecule has 3 rings (SSSR count). The number of thiocarbonyl (C=S) groups is 1. The molecule has 2 aromatic carbocycles. The number of amides is 2. The Morgan fingerprint density at radius 3 is 2.64 bits per heavy atom. The number of benzene rings is 2. The summed E-state index contributed by atoms with van der Waals surface area (Å²) in [5.41, 5.74) is 2.48. The minimum atomic E-state index is -0.804. The summed E-state index contributed by atoms with van der Waals surface area (Å²) in [5.74, 6) is -0.758. The molecular formula is C18H13N3O5S2. The fraction of sp³-hybridized carbons (Fsp3) is 0.0556. The van der Waals surface area contributed by atoms with Gasteiger partial charge in [-0.2, -0.15) is 5.01 Å². The van der Waals surface area contributed by atoms with E-state index in [-0.39, 0.29) is 20.5 Å². The lowest BCUT2D eigenvalue weighted by atomic mass is 10.1. The standard InChI is InChI=1S/C18H13N3O5S2/c1-26-14-9-5-2-6-11(14)10-15-17(23)20(18(27)28-15)19-16(22)12-7-3-4-8-13(12)21(24)25/h2-10H,1H3,(H,19,22). The van der Waals surface area contributed by atoms with Crippen LogP contribution in [0.4, 0.5) is 5.69 Å². The van der Waals surface area contributed by atoms with Crippen molar-refractivity contribution in [3.63, 3.8) is 0 Å². The summed E-state index contributed by atoms with van der Waals surface area (Å²) < 4.78 is 5.37. The highest BCUT2D eigenvalue weighted by Gasteiger charge is 2.35. The molecule has 0 saturated carbocycles. The first-order valence-corrected chi connectivity index (χ1v) is 9.10. The van der Waals surface area contributed by atoms with Gasteiger partial charge in [0.15, 0.2) is 4.32 Å². The second-order valence-electron chi connectivity index (χ2n) is 5.47. The molecule has 0 radical (unpaired) electrons. The largest absolute Gasteiger partial charge is 0.496 e. The Bertz CT molecular complexity index is 1020. The molecule has 1 aliphatic heterocycles. The highest BCUT2D eigenvalue weighted by molar-refractivity contribution is 8.26. The molecule has 2 amide bonds. The van der Waals surface area contributed by atoms with Gasteiger partial charge in [-0.05, 0) is 30.4 Å². The van der Waals surface area contributed by atoms with Crippen molar-refractivity contribution in [3.8, 4) is 5.75 Å². The molecule has 2 aromatic rings. The van der Waals surface area contributed by atoms with Crippen molar-refractivity contribution in [3.05, 3.63) is 74.7 Å². The molecule has 0 aromatic heterocycles. The third kappa shape index (κ3) is 3.87. The number of ether oxygens (including phenoxy) is 1. The molecule has 0 atom stereocenters. The van der Waals surface area contributed by atoms with E-state index >= 15 is 0 Å². The van der Waals surface area contributed by atoms with E-state index in [1.165, 1.54) is 31.4 Å². The van der Waals surface area contributed by atoms with Crippen LogP contribution in [0, 0.1) is 10.1 Å². The highest BCUT2D eigenvalue weighted by Crippen LogP contribution is 2.33. The van der Waals surface area contributed by atoms with Crippen molar-refractivity contribution in [1.82, 2.24) is 10.4 Å². The van der Waals surface area contributed by atoms with Crippen molar-refractivity contribution in [2.75, 3.05) is 7.11 Å². The Morgan fingerprint density at radius 1 is 1.25 bits per heavy atom. The quantitative estimate of drug-likeness (QED) is 0.346. The Hall–Kier alpha value is -3.24. The number of carbonyl (C=O) groups is 2. The summed E-state index contributed by atoms with van der Waals surface area (Å²) in [4.78, 5) is 35.9. The number of carbonyl (C=O) groups excluding carboxylic acids is 2. The van der Waals surface area contributed by atoms with Crippen molar-refractivity contribution in [2.24, 2.45) is 0 Å². The Labute approximate surface area is 169 Å². The lowest BCUT2D eigenvalue weighted by molar-refractivity contribution is -0.385. The van der Waals surface area contributed by atoms with Gasteiger partial charge in [-0.3, -0.25) is 25.1 Å². The minimum Gasteiger partial charge on any atom is -0.496 e. The van der Waals surface area contributed by atoms with Gasteiger partial charge in [-0.25, -0.2) is 0 Å². The molecule has 1 heterocycles. The summed E-state index contributed by atoms with van der Waals surface area (Å²) >= 11 is 6.18. The topological polar surface area (TPSA) is 102 Å². The zero-order valence-electron chi connectivity index (χ0n) is 14.4. The number of nitro benzene ring substituents is 1. The zero-order chi connectivity index (χ0) is 20.3. The number of hydrazine groups is 1. The molecular weight excluding hydrogens is 402 g/mol. The van der Waals surface area contributed by atoms with Crippen molar-refractivity contribution in [2.45, 2.75) is 0 Å². The molecule has 142 valence electrons. The van der Waals surface area contributed by atoms with Crippen molar-refractivity contribution < 1.29 is 19.2 Å². The van der Waals surface area contributed by atoms with E-state index in [0.29, 0.717) is 11.3 Å². The molecule has 28 heavy (non-hydrogen) atoms. The van der Waals surface area contributed by atoms with Crippen LogP contribution in [0.1, 0.15) is 15.9 Å². The van der Waals surface area contributed by atoms with Gasteiger partial charge in [0.2, 0.25) is 0 Å². The predicted molar refractivity (Wildman–Crippen MR) is 109 cm³/mol. The number of hydrogen-bond donors (Lipinski definition) is 1. The fourth-order valence-electron chi connectivity index (χ4n) is 2.48. The van der Waals surface area contributed by atoms with Crippen LogP contribution < -0.4 is 10.2 Å². The van der Waals surface area contributed by atoms with Gasteiger partial charge in [0.05, 0.1) is 16.9 Å². The third-order valence-electron chi connectivity index (χ3n) is 3.78. The Morgan fingerprint density at radius 2 is 1.93 bits per heavy atom. The van der Waals surface area contributed by atoms with E-state index < -0.39 is 16.7 Å². The average Bonchev–Trinajstić information content (AvgIpc) is 2.95. The molecule has 1 fully saturated rings. The fourth-order valence-corrected chi connectivity index (χ4v) is 3.65. The van der Waals surface area contributed by atoms with E-state index in [1.807, 2.05) is 0 Å². The summed E-state index contributed by atoms with van der Waals surface area (Å²) in [5, 5.41) is 12.0. The van der Waals surface area contributed by atoms with Crippen LogP contribution in [0.25, 0.3) is 6.08 Å². The van der Waals surface area contributed by atoms with Gasteiger partial charge in [-0.1, -0.05) is 42.1 Å². The van der Waals surface area contributed by atoms with Gasteiger partial charge in [0.1, 0.15) is 11.3 Å². The number of nitrogens with one attached hydrogen (secondary N) is 1. The maximum absolute atomic E-state index is 12.7. The molecule has 8 nitrogen and oxygen atoms in total. The van der Waals surface area contributed by atoms with E-state index in [4.69, 9.17) is 17.0 Å². The zero-order valence-corrected chi connectivity index (χ0v) is 16.1. The Balaban J connectivity index is 1.84. The summed E-state index contributed by atoms with van der Waals surface area (Å²) in [6.07, 6.45) is 1.61. The maximum atomic E-state index is 12.7. The maximum Gasteiger partial charge on any atom is 0.285 e. The monoisotopic (exact) mass is 415 g/mol. The SMILES string of the molecule is COc1ccccc1C=C1SC(=S)N(NC(=O)c2ccccc2[N+](=O)[O-])C1=O. The summed E-state index contributed by atoms with van der Waals surface area (Å²) in [6, 6.07) is 12.6. The lowest BCUT2D eigenvalue weighted by Gasteiger charge is -2.15. The van der Waals surface area contributed by atoms with Gasteiger partial charge in [0.25, 0.3) is 17.5 Å². The first-order chi connectivity index (χ1) is 13.4. The molecule has 0 spiro atoms. The van der Waals surface area contributed by atoms with Crippen LogP contribution in [0.15, 0.2) is 53.4 Å². The number of nitrogens with zero attached hydrogens (tertiary/aromatic N) is 2. The number of hydrogen-bond acceptors (Lipinski definition) is 7. The third-order valence-corrected chi connectivity index (χ3v) is 5.08. The number of rotatable bonds is 5. The second-order valence-corrected chi connectivity index (χ2v) is 7.15. The van der Waals surface area contributed by atoms with E-state index in [2.05, 4.69) is 5.43 Å². The summed E-state index contributed by atoms with van der Waals surface area (Å²) in [6.45, 7) is 0. The van der Waals surface area contributed by atoms with Gasteiger partial charge in [-0.15, -0.1) is 0 Å². The molecule has 1 saturated heterocycles. The Kier molecular flexibility index (Phi) is 5.71. The normalized spacial score (nSPS) is 15.0. The van der Waals surface area contributed by atoms with Crippen LogP contribution in [0.3, 0.4) is 0 Å². The molecule has 0 bridgehead atoms. The van der Waals surface area contributed by atoms with Crippen molar-refractivity contribution >= 4 is 51.9 Å². The molecule has 10 heteroatoms. The smallest absolute Gasteiger partial charge is 0.285 e. The number of para-hydroxylation sites is 2.